The van der Waals surface area contributed by atoms with Crippen LogP contribution in [0.5, 0.6) is 0 Å². The number of carbonyl (C=O) groups is 1. The van der Waals surface area contributed by atoms with Gasteiger partial charge in [-0.2, -0.15) is 0 Å². The molecule has 0 aromatic heterocycles. The van der Waals surface area contributed by atoms with Crippen molar-refractivity contribution in [3.8, 4) is 0 Å². The first-order valence-corrected chi connectivity index (χ1v) is 5.20. The van der Waals surface area contributed by atoms with Gasteiger partial charge in [0.25, 0.3) is 0 Å². The van der Waals surface area contributed by atoms with Gasteiger partial charge in [0.1, 0.15) is 0 Å². The lowest BCUT2D eigenvalue weighted by Gasteiger charge is -2.12. The van der Waals surface area contributed by atoms with Gasteiger partial charge in [-0.25, -0.2) is 0 Å². The Labute approximate surface area is 87.0 Å². The number of carbonyl (C=O) groups excluding carboxylic acids is 1. The van der Waals surface area contributed by atoms with Crippen molar-refractivity contribution in [3.05, 3.63) is 12.7 Å². The van der Waals surface area contributed by atoms with Gasteiger partial charge in [0.05, 0.1) is 0 Å². The standard InChI is InChI=1S/C11H22N2O/c1-5-6-10(4)13-11(14)7-8-12-9(2)3/h5,9-10,12H,1,6-8H2,2-4H3,(H,13,14). The van der Waals surface area contributed by atoms with Crippen molar-refractivity contribution >= 4 is 5.91 Å². The molecule has 0 bridgehead atoms. The lowest BCUT2D eigenvalue weighted by Crippen LogP contribution is -2.35. The van der Waals surface area contributed by atoms with Gasteiger partial charge in [-0.05, 0) is 13.3 Å². The third-order valence-corrected chi connectivity index (χ3v) is 1.83. The minimum Gasteiger partial charge on any atom is -0.353 e. The smallest absolute Gasteiger partial charge is 0.221 e. The van der Waals surface area contributed by atoms with Crippen LogP contribution >= 0.6 is 0 Å². The maximum atomic E-state index is 11.3. The van der Waals surface area contributed by atoms with E-state index in [0.29, 0.717) is 12.5 Å². The zero-order valence-electron chi connectivity index (χ0n) is 9.47. The van der Waals surface area contributed by atoms with Crippen LogP contribution in [0.2, 0.25) is 0 Å². The van der Waals surface area contributed by atoms with Crippen LogP contribution in [0, 0.1) is 0 Å². The Morgan fingerprint density at radius 1 is 1.43 bits per heavy atom. The fourth-order valence-corrected chi connectivity index (χ4v) is 1.13. The summed E-state index contributed by atoms with van der Waals surface area (Å²) in [6.45, 7) is 10.5. The summed E-state index contributed by atoms with van der Waals surface area (Å²) in [6, 6.07) is 0.632. The topological polar surface area (TPSA) is 41.1 Å². The van der Waals surface area contributed by atoms with E-state index < -0.39 is 0 Å². The van der Waals surface area contributed by atoms with E-state index in [2.05, 4.69) is 31.1 Å². The van der Waals surface area contributed by atoms with Crippen LogP contribution < -0.4 is 10.6 Å². The highest BCUT2D eigenvalue weighted by atomic mass is 16.1. The van der Waals surface area contributed by atoms with Crippen molar-refractivity contribution in [1.82, 2.24) is 10.6 Å². The Morgan fingerprint density at radius 2 is 2.07 bits per heavy atom. The van der Waals surface area contributed by atoms with Crippen LogP contribution in [0.3, 0.4) is 0 Å². The molecule has 0 aromatic rings. The Morgan fingerprint density at radius 3 is 2.57 bits per heavy atom. The van der Waals surface area contributed by atoms with Crippen LogP contribution in [0.15, 0.2) is 12.7 Å². The minimum absolute atomic E-state index is 0.104. The summed E-state index contributed by atoms with van der Waals surface area (Å²) in [6.07, 6.45) is 3.18. The number of hydrogen-bond donors (Lipinski definition) is 2. The fraction of sp³-hybridized carbons (Fsp3) is 0.727. The van der Waals surface area contributed by atoms with Gasteiger partial charge < -0.3 is 10.6 Å². The quantitative estimate of drug-likeness (QED) is 0.608. The first-order chi connectivity index (χ1) is 6.56. The monoisotopic (exact) mass is 198 g/mol. The average Bonchev–Trinajstić information content (AvgIpc) is 2.03. The molecule has 14 heavy (non-hydrogen) atoms. The van der Waals surface area contributed by atoms with Crippen LogP contribution in [-0.2, 0) is 4.79 Å². The van der Waals surface area contributed by atoms with Crippen molar-refractivity contribution in [2.75, 3.05) is 6.54 Å². The number of rotatable bonds is 7. The molecule has 1 unspecified atom stereocenters. The van der Waals surface area contributed by atoms with Gasteiger partial charge in [0.2, 0.25) is 5.91 Å². The second kappa shape index (κ2) is 7.56. The number of nitrogens with one attached hydrogen (secondary N) is 2. The fourth-order valence-electron chi connectivity index (χ4n) is 1.13. The van der Waals surface area contributed by atoms with Crippen LogP contribution in [0.1, 0.15) is 33.6 Å². The van der Waals surface area contributed by atoms with Crippen molar-refractivity contribution in [1.29, 1.82) is 0 Å². The second-order valence-corrected chi connectivity index (χ2v) is 3.85. The molecule has 0 saturated carbocycles. The molecule has 0 aliphatic rings. The van der Waals surface area contributed by atoms with Crippen molar-refractivity contribution in [2.24, 2.45) is 0 Å². The molecule has 0 rings (SSSR count). The van der Waals surface area contributed by atoms with Gasteiger partial charge in [0, 0.05) is 25.0 Å². The van der Waals surface area contributed by atoms with Gasteiger partial charge in [-0.3, -0.25) is 4.79 Å². The predicted octanol–water partition coefficient (Wildman–Crippen LogP) is 1.46. The number of hydrogen-bond acceptors (Lipinski definition) is 2. The van der Waals surface area contributed by atoms with E-state index in [9.17, 15) is 4.79 Å². The predicted molar refractivity (Wildman–Crippen MR) is 60.2 cm³/mol. The average molecular weight is 198 g/mol. The molecule has 0 aromatic carbocycles. The summed E-state index contributed by atoms with van der Waals surface area (Å²) >= 11 is 0. The summed E-state index contributed by atoms with van der Waals surface area (Å²) in [4.78, 5) is 11.3. The molecular weight excluding hydrogens is 176 g/mol. The van der Waals surface area contributed by atoms with Gasteiger partial charge in [0.15, 0.2) is 0 Å². The van der Waals surface area contributed by atoms with Crippen LogP contribution in [0.4, 0.5) is 0 Å². The van der Waals surface area contributed by atoms with E-state index in [4.69, 9.17) is 0 Å². The lowest BCUT2D eigenvalue weighted by molar-refractivity contribution is -0.121. The molecule has 0 spiro atoms. The normalized spacial score (nSPS) is 12.6. The van der Waals surface area contributed by atoms with E-state index in [-0.39, 0.29) is 11.9 Å². The third-order valence-electron chi connectivity index (χ3n) is 1.83. The molecule has 0 heterocycles. The minimum atomic E-state index is 0.104. The second-order valence-electron chi connectivity index (χ2n) is 3.85. The Balaban J connectivity index is 3.49. The highest BCUT2D eigenvalue weighted by Gasteiger charge is 2.05. The van der Waals surface area contributed by atoms with E-state index in [1.54, 1.807) is 0 Å². The zero-order valence-corrected chi connectivity index (χ0v) is 9.47. The summed E-state index contributed by atoms with van der Waals surface area (Å²) in [5, 5.41) is 6.10. The summed E-state index contributed by atoms with van der Waals surface area (Å²) in [7, 11) is 0. The molecule has 0 fully saturated rings. The van der Waals surface area contributed by atoms with Gasteiger partial charge in [-0.15, -0.1) is 6.58 Å². The molecule has 0 aliphatic heterocycles. The Kier molecular flexibility index (Phi) is 7.11. The summed E-state index contributed by atoms with van der Waals surface area (Å²) < 4.78 is 0. The SMILES string of the molecule is C=CCC(C)NC(=O)CCNC(C)C. The molecular formula is C11H22N2O. The van der Waals surface area contributed by atoms with E-state index >= 15 is 0 Å². The van der Waals surface area contributed by atoms with Crippen molar-refractivity contribution in [3.63, 3.8) is 0 Å². The highest BCUT2D eigenvalue weighted by molar-refractivity contribution is 5.76. The maximum absolute atomic E-state index is 11.3. The van der Waals surface area contributed by atoms with E-state index in [1.807, 2.05) is 13.0 Å². The van der Waals surface area contributed by atoms with Gasteiger partial charge in [-0.1, -0.05) is 19.9 Å². The maximum Gasteiger partial charge on any atom is 0.221 e. The van der Waals surface area contributed by atoms with E-state index in [0.717, 1.165) is 13.0 Å². The summed E-state index contributed by atoms with van der Waals surface area (Å²) in [5.74, 6) is 0.104. The van der Waals surface area contributed by atoms with E-state index in [1.165, 1.54) is 0 Å². The molecule has 0 saturated heterocycles. The zero-order chi connectivity index (χ0) is 11.0. The Hall–Kier alpha value is -0.830. The first-order valence-electron chi connectivity index (χ1n) is 5.20. The molecule has 1 atom stereocenters. The van der Waals surface area contributed by atoms with Crippen LogP contribution in [-0.4, -0.2) is 24.5 Å². The van der Waals surface area contributed by atoms with Crippen LogP contribution in [0.25, 0.3) is 0 Å². The molecule has 3 nitrogen and oxygen atoms in total. The molecule has 1 amide bonds. The lowest BCUT2D eigenvalue weighted by atomic mass is 10.2. The molecule has 3 heteroatoms. The van der Waals surface area contributed by atoms with Crippen molar-refractivity contribution < 1.29 is 4.79 Å². The largest absolute Gasteiger partial charge is 0.353 e. The molecule has 0 aliphatic carbocycles. The molecule has 82 valence electrons. The third kappa shape index (κ3) is 7.80. The molecule has 2 N–H and O–H groups in total. The highest BCUT2D eigenvalue weighted by Crippen LogP contribution is 1.91. The first kappa shape index (κ1) is 13.2. The number of amides is 1. The molecule has 0 radical (unpaired) electrons. The van der Waals surface area contributed by atoms with Crippen molar-refractivity contribution in [2.45, 2.75) is 45.7 Å². The summed E-state index contributed by atoms with van der Waals surface area (Å²) in [5.41, 5.74) is 0. The van der Waals surface area contributed by atoms with Gasteiger partial charge >= 0.3 is 0 Å². The Bertz CT molecular complexity index is 178.